The molecular formula is C16H22ClN3O2. The molecule has 1 aromatic rings. The normalized spacial score (nSPS) is 21.0. The van der Waals surface area contributed by atoms with E-state index in [1.165, 1.54) is 0 Å². The Morgan fingerprint density at radius 1 is 1.18 bits per heavy atom. The van der Waals surface area contributed by atoms with Crippen molar-refractivity contribution < 1.29 is 9.59 Å². The fourth-order valence-electron chi connectivity index (χ4n) is 2.75. The molecule has 0 unspecified atom stereocenters. The molecule has 0 aliphatic heterocycles. The van der Waals surface area contributed by atoms with Crippen molar-refractivity contribution >= 4 is 24.0 Å². The lowest BCUT2D eigenvalue weighted by molar-refractivity contribution is -0.109. The summed E-state index contributed by atoms with van der Waals surface area (Å²) in [6, 6.07) is 7.50. The van der Waals surface area contributed by atoms with Crippen molar-refractivity contribution in [2.24, 2.45) is 5.92 Å². The van der Waals surface area contributed by atoms with Crippen LogP contribution in [0.25, 0.3) is 0 Å². The Labute approximate surface area is 135 Å². The molecule has 22 heavy (non-hydrogen) atoms. The van der Waals surface area contributed by atoms with Crippen LogP contribution in [0.5, 0.6) is 0 Å². The molecule has 0 atom stereocenters. The number of halogens is 1. The van der Waals surface area contributed by atoms with Gasteiger partial charge in [-0.1, -0.05) is 23.7 Å². The van der Waals surface area contributed by atoms with Crippen molar-refractivity contribution in [2.45, 2.75) is 38.3 Å². The van der Waals surface area contributed by atoms with Crippen LogP contribution in [0.3, 0.4) is 0 Å². The Balaban J connectivity index is 1.65. The Morgan fingerprint density at radius 2 is 1.86 bits per heavy atom. The topological polar surface area (TPSA) is 70.2 Å². The summed E-state index contributed by atoms with van der Waals surface area (Å²) in [5, 5.41) is 9.29. The number of hydrogen-bond donors (Lipinski definition) is 3. The molecule has 3 amide bonds. The van der Waals surface area contributed by atoms with Gasteiger partial charge >= 0.3 is 6.03 Å². The monoisotopic (exact) mass is 323 g/mol. The molecule has 0 spiro atoms. The number of hydrogen-bond acceptors (Lipinski definition) is 2. The Morgan fingerprint density at radius 3 is 2.50 bits per heavy atom. The first-order valence-corrected chi connectivity index (χ1v) is 8.01. The van der Waals surface area contributed by atoms with Crippen LogP contribution >= 0.6 is 11.6 Å². The molecule has 120 valence electrons. The van der Waals surface area contributed by atoms with E-state index in [1.807, 2.05) is 24.3 Å². The molecule has 1 aromatic carbocycles. The maximum Gasteiger partial charge on any atom is 0.315 e. The Hall–Kier alpha value is -1.75. The van der Waals surface area contributed by atoms with Gasteiger partial charge in [-0.15, -0.1) is 0 Å². The summed E-state index contributed by atoms with van der Waals surface area (Å²) >= 11 is 5.82. The van der Waals surface area contributed by atoms with E-state index in [9.17, 15) is 9.59 Å². The van der Waals surface area contributed by atoms with E-state index in [4.69, 9.17) is 11.6 Å². The quantitative estimate of drug-likeness (QED) is 0.704. The minimum atomic E-state index is -0.135. The Bertz CT molecular complexity index is 485. The zero-order chi connectivity index (χ0) is 15.8. The number of carbonyl (C=O) groups excluding carboxylic acids is 2. The highest BCUT2D eigenvalue weighted by Crippen LogP contribution is 2.23. The summed E-state index contributed by atoms with van der Waals surface area (Å²) in [6.45, 7) is 1.22. The molecular weight excluding hydrogens is 302 g/mol. The van der Waals surface area contributed by atoms with Gasteiger partial charge in [0.15, 0.2) is 0 Å². The van der Waals surface area contributed by atoms with Crippen LogP contribution in [-0.2, 0) is 11.3 Å². The van der Waals surface area contributed by atoms with Gasteiger partial charge in [0.1, 0.15) is 0 Å². The van der Waals surface area contributed by atoms with Crippen molar-refractivity contribution in [1.82, 2.24) is 16.0 Å². The molecule has 3 N–H and O–H groups in total. The van der Waals surface area contributed by atoms with Crippen LogP contribution in [0, 0.1) is 5.92 Å². The largest absolute Gasteiger partial charge is 0.358 e. The van der Waals surface area contributed by atoms with Crippen LogP contribution in [0.2, 0.25) is 5.02 Å². The molecule has 0 aromatic heterocycles. The summed E-state index contributed by atoms with van der Waals surface area (Å²) in [5.41, 5.74) is 1.02. The van der Waals surface area contributed by atoms with Crippen LogP contribution in [0.4, 0.5) is 4.79 Å². The smallest absolute Gasteiger partial charge is 0.315 e. The third kappa shape index (κ3) is 5.56. The standard InChI is InChI=1S/C16H22ClN3O2/c17-14-5-1-13(2-6-14)10-19-16(22)20-15-7-3-12(4-8-15)9-18-11-21/h1-2,5-6,11-12,15H,3-4,7-10H2,(H,18,21)(H2,19,20,22). The van der Waals surface area contributed by atoms with Crippen molar-refractivity contribution in [3.05, 3.63) is 34.9 Å². The molecule has 0 saturated heterocycles. The second-order valence-corrected chi connectivity index (χ2v) is 6.13. The predicted molar refractivity (Wildman–Crippen MR) is 86.6 cm³/mol. The van der Waals surface area contributed by atoms with Crippen molar-refractivity contribution in [2.75, 3.05) is 6.54 Å². The lowest BCUT2D eigenvalue weighted by Gasteiger charge is -2.28. The van der Waals surface area contributed by atoms with Gasteiger partial charge in [-0.2, -0.15) is 0 Å². The first-order valence-electron chi connectivity index (χ1n) is 7.63. The minimum Gasteiger partial charge on any atom is -0.358 e. The maximum atomic E-state index is 11.9. The van der Waals surface area contributed by atoms with E-state index in [0.717, 1.165) is 44.2 Å². The number of amides is 3. The molecule has 1 aliphatic rings. The van der Waals surface area contributed by atoms with E-state index in [-0.39, 0.29) is 12.1 Å². The van der Waals surface area contributed by atoms with Crippen LogP contribution < -0.4 is 16.0 Å². The number of urea groups is 1. The minimum absolute atomic E-state index is 0.135. The summed E-state index contributed by atoms with van der Waals surface area (Å²) in [4.78, 5) is 22.2. The first kappa shape index (κ1) is 16.6. The van der Waals surface area contributed by atoms with Gasteiger partial charge in [0, 0.05) is 24.2 Å². The van der Waals surface area contributed by atoms with Gasteiger partial charge in [-0.05, 0) is 49.3 Å². The zero-order valence-corrected chi connectivity index (χ0v) is 13.2. The van der Waals surface area contributed by atoms with E-state index >= 15 is 0 Å². The SMILES string of the molecule is O=CNCC1CCC(NC(=O)NCc2ccc(Cl)cc2)CC1. The molecule has 0 radical (unpaired) electrons. The van der Waals surface area contributed by atoms with Crippen LogP contribution in [-0.4, -0.2) is 25.0 Å². The number of nitrogens with one attached hydrogen (secondary N) is 3. The second-order valence-electron chi connectivity index (χ2n) is 5.70. The van der Waals surface area contributed by atoms with Crippen molar-refractivity contribution in [1.29, 1.82) is 0 Å². The summed E-state index contributed by atoms with van der Waals surface area (Å²) in [7, 11) is 0. The molecule has 1 aliphatic carbocycles. The average molecular weight is 324 g/mol. The number of rotatable bonds is 6. The van der Waals surface area contributed by atoms with Gasteiger partial charge in [0.2, 0.25) is 6.41 Å². The molecule has 6 heteroatoms. The average Bonchev–Trinajstić information content (AvgIpc) is 2.54. The highest BCUT2D eigenvalue weighted by atomic mass is 35.5. The lowest BCUT2D eigenvalue weighted by Crippen LogP contribution is -2.44. The first-order chi connectivity index (χ1) is 10.7. The van der Waals surface area contributed by atoms with Gasteiger partial charge < -0.3 is 16.0 Å². The maximum absolute atomic E-state index is 11.9. The van der Waals surface area contributed by atoms with E-state index in [2.05, 4.69) is 16.0 Å². The van der Waals surface area contributed by atoms with Gasteiger partial charge in [0.05, 0.1) is 0 Å². The fraction of sp³-hybridized carbons (Fsp3) is 0.500. The summed E-state index contributed by atoms with van der Waals surface area (Å²) in [5.74, 6) is 0.528. The van der Waals surface area contributed by atoms with E-state index in [1.54, 1.807) is 0 Å². The fourth-order valence-corrected chi connectivity index (χ4v) is 2.87. The molecule has 5 nitrogen and oxygen atoms in total. The highest BCUT2D eigenvalue weighted by Gasteiger charge is 2.21. The highest BCUT2D eigenvalue weighted by molar-refractivity contribution is 6.30. The third-order valence-corrected chi connectivity index (χ3v) is 4.29. The molecule has 0 heterocycles. The van der Waals surface area contributed by atoms with Crippen molar-refractivity contribution in [3.63, 3.8) is 0 Å². The summed E-state index contributed by atoms with van der Waals surface area (Å²) < 4.78 is 0. The molecule has 1 fully saturated rings. The van der Waals surface area contributed by atoms with E-state index in [0.29, 0.717) is 17.5 Å². The Kier molecular flexibility index (Phi) is 6.52. The second kappa shape index (κ2) is 8.63. The number of benzene rings is 1. The van der Waals surface area contributed by atoms with Gasteiger partial charge in [-0.3, -0.25) is 4.79 Å². The number of carbonyl (C=O) groups is 2. The zero-order valence-electron chi connectivity index (χ0n) is 12.5. The van der Waals surface area contributed by atoms with Crippen LogP contribution in [0.15, 0.2) is 24.3 Å². The molecule has 0 bridgehead atoms. The lowest BCUT2D eigenvalue weighted by atomic mass is 9.86. The van der Waals surface area contributed by atoms with Crippen LogP contribution in [0.1, 0.15) is 31.2 Å². The van der Waals surface area contributed by atoms with Crippen molar-refractivity contribution in [3.8, 4) is 0 Å². The van der Waals surface area contributed by atoms with E-state index < -0.39 is 0 Å². The third-order valence-electron chi connectivity index (χ3n) is 4.04. The molecule has 1 saturated carbocycles. The summed E-state index contributed by atoms with van der Waals surface area (Å²) in [6.07, 6.45) is 4.72. The predicted octanol–water partition coefficient (Wildman–Crippen LogP) is 2.44. The van der Waals surface area contributed by atoms with Gasteiger partial charge in [-0.25, -0.2) is 4.79 Å². The van der Waals surface area contributed by atoms with Gasteiger partial charge in [0.25, 0.3) is 0 Å². The molecule has 2 rings (SSSR count).